The van der Waals surface area contributed by atoms with E-state index in [9.17, 15) is 0 Å². The Labute approximate surface area is 243 Å². The van der Waals surface area contributed by atoms with Gasteiger partial charge in [-0.1, -0.05) is 98.8 Å². The molecule has 3 heteroatoms. The van der Waals surface area contributed by atoms with E-state index >= 15 is 0 Å². The predicted octanol–water partition coefficient (Wildman–Crippen LogP) is 11.3. The molecular formula is C39H27NO2. The highest BCUT2D eigenvalue weighted by molar-refractivity contribution is 6.23. The monoisotopic (exact) mass is 541 g/mol. The van der Waals surface area contributed by atoms with Crippen molar-refractivity contribution in [2.45, 2.75) is 19.3 Å². The predicted molar refractivity (Wildman–Crippen MR) is 173 cm³/mol. The first-order valence-corrected chi connectivity index (χ1v) is 14.4. The average Bonchev–Trinajstić information content (AvgIpc) is 3.60. The van der Waals surface area contributed by atoms with E-state index in [0.29, 0.717) is 0 Å². The zero-order valence-electron chi connectivity index (χ0n) is 23.4. The van der Waals surface area contributed by atoms with E-state index in [1.165, 1.54) is 22.5 Å². The Bertz CT molecular complexity index is 2300. The van der Waals surface area contributed by atoms with Gasteiger partial charge in [-0.3, -0.25) is 0 Å². The first kappa shape index (κ1) is 23.4. The highest BCUT2D eigenvalue weighted by Gasteiger charge is 2.36. The second-order valence-corrected chi connectivity index (χ2v) is 11.7. The molecule has 3 nitrogen and oxygen atoms in total. The summed E-state index contributed by atoms with van der Waals surface area (Å²) in [5.74, 6) is 0. The summed E-state index contributed by atoms with van der Waals surface area (Å²) < 4.78 is 12.9. The zero-order chi connectivity index (χ0) is 28.0. The molecule has 0 spiro atoms. The molecule has 42 heavy (non-hydrogen) atoms. The van der Waals surface area contributed by atoms with E-state index < -0.39 is 0 Å². The summed E-state index contributed by atoms with van der Waals surface area (Å²) in [6.45, 7) is 4.64. The van der Waals surface area contributed by atoms with Crippen molar-refractivity contribution in [2.24, 2.45) is 0 Å². The van der Waals surface area contributed by atoms with Crippen LogP contribution in [0, 0.1) is 0 Å². The van der Waals surface area contributed by atoms with Gasteiger partial charge in [-0.05, 0) is 59.2 Å². The number of para-hydroxylation sites is 4. The third kappa shape index (κ3) is 3.11. The van der Waals surface area contributed by atoms with E-state index in [0.717, 1.165) is 60.7 Å². The molecule has 0 amide bonds. The molecule has 0 fully saturated rings. The fourth-order valence-corrected chi connectivity index (χ4v) is 7.05. The summed E-state index contributed by atoms with van der Waals surface area (Å²) in [5, 5.41) is 4.31. The molecule has 1 aliphatic rings. The molecule has 0 aliphatic carbocycles. The van der Waals surface area contributed by atoms with Gasteiger partial charge in [0.25, 0.3) is 0 Å². The van der Waals surface area contributed by atoms with Crippen LogP contribution in [0.5, 0.6) is 0 Å². The van der Waals surface area contributed by atoms with Crippen LogP contribution in [0.2, 0.25) is 0 Å². The van der Waals surface area contributed by atoms with Crippen molar-refractivity contribution in [3.63, 3.8) is 0 Å². The second kappa shape index (κ2) is 8.37. The van der Waals surface area contributed by atoms with Crippen molar-refractivity contribution in [3.05, 3.63) is 139 Å². The maximum Gasteiger partial charge on any atom is 0.147 e. The van der Waals surface area contributed by atoms with E-state index in [1.54, 1.807) is 0 Å². The highest BCUT2D eigenvalue weighted by Crippen LogP contribution is 2.52. The Morgan fingerprint density at radius 1 is 0.524 bits per heavy atom. The van der Waals surface area contributed by atoms with Crippen LogP contribution in [0.15, 0.2) is 136 Å². The summed E-state index contributed by atoms with van der Waals surface area (Å²) in [6, 6.07) is 45.2. The van der Waals surface area contributed by atoms with Crippen molar-refractivity contribution >= 4 is 60.9 Å². The molecule has 0 bridgehead atoms. The van der Waals surface area contributed by atoms with Gasteiger partial charge in [0.05, 0.1) is 16.8 Å². The van der Waals surface area contributed by atoms with Gasteiger partial charge in [0.1, 0.15) is 22.3 Å². The lowest BCUT2D eigenvalue weighted by Gasteiger charge is -2.42. The maximum absolute atomic E-state index is 6.77. The van der Waals surface area contributed by atoms with E-state index in [1.807, 2.05) is 18.2 Å². The Hall–Kier alpha value is -5.28. The van der Waals surface area contributed by atoms with Crippen molar-refractivity contribution in [1.82, 2.24) is 0 Å². The topological polar surface area (TPSA) is 29.5 Å². The molecule has 0 N–H and O–H groups in total. The third-order valence-corrected chi connectivity index (χ3v) is 9.06. The molecule has 0 unspecified atom stereocenters. The van der Waals surface area contributed by atoms with Crippen LogP contribution < -0.4 is 4.90 Å². The van der Waals surface area contributed by atoms with Crippen LogP contribution in [0.1, 0.15) is 25.0 Å². The lowest BCUT2D eigenvalue weighted by Crippen LogP contribution is -2.30. The Kier molecular flexibility index (Phi) is 4.67. The number of hydrogen-bond acceptors (Lipinski definition) is 3. The standard InChI is InChI=1S/C39H27NO2/c1-39(2)30-16-4-6-18-32(30)40(33-19-7-5-17-31(33)39)25-12-9-11-24(23-25)26-14-10-15-27-28-21-22-35-36(38(28)42-37(26)27)29-13-3-8-20-34(29)41-35/h3-23H,1-2H3. The van der Waals surface area contributed by atoms with Crippen LogP contribution >= 0.6 is 0 Å². The second-order valence-electron chi connectivity index (χ2n) is 11.7. The minimum Gasteiger partial charge on any atom is -0.456 e. The SMILES string of the molecule is CC1(C)c2ccccc2N(c2cccc(-c3cccc4c3oc3c4ccc4oc5ccccc5c43)c2)c2ccccc21. The van der Waals surface area contributed by atoms with Gasteiger partial charge in [-0.25, -0.2) is 0 Å². The number of hydrogen-bond donors (Lipinski definition) is 0. The molecule has 200 valence electrons. The lowest BCUT2D eigenvalue weighted by atomic mass is 9.73. The molecule has 1 aliphatic heterocycles. The number of nitrogens with zero attached hydrogens (tertiary/aromatic N) is 1. The largest absolute Gasteiger partial charge is 0.456 e. The third-order valence-electron chi connectivity index (χ3n) is 9.06. The van der Waals surface area contributed by atoms with Crippen molar-refractivity contribution < 1.29 is 8.83 Å². The summed E-state index contributed by atoms with van der Waals surface area (Å²) >= 11 is 0. The minimum atomic E-state index is -0.0935. The van der Waals surface area contributed by atoms with Crippen LogP contribution in [0.4, 0.5) is 17.1 Å². The lowest BCUT2D eigenvalue weighted by molar-refractivity contribution is 0.632. The average molecular weight is 542 g/mol. The Balaban J connectivity index is 1.27. The van der Waals surface area contributed by atoms with Crippen LogP contribution in [-0.4, -0.2) is 0 Å². The molecule has 0 saturated heterocycles. The molecule has 0 radical (unpaired) electrons. The first-order valence-electron chi connectivity index (χ1n) is 14.4. The molecular weight excluding hydrogens is 514 g/mol. The highest BCUT2D eigenvalue weighted by atomic mass is 16.3. The number of rotatable bonds is 2. The molecule has 0 atom stereocenters. The van der Waals surface area contributed by atoms with Gasteiger partial charge in [0.15, 0.2) is 0 Å². The summed E-state index contributed by atoms with van der Waals surface area (Å²) in [6.07, 6.45) is 0. The van der Waals surface area contributed by atoms with Crippen LogP contribution in [0.3, 0.4) is 0 Å². The number of fused-ring (bicyclic) bond motifs is 9. The summed E-state index contributed by atoms with van der Waals surface area (Å²) in [5.41, 5.74) is 11.8. The number of furan rings is 2. The molecule has 3 heterocycles. The van der Waals surface area contributed by atoms with Crippen molar-refractivity contribution in [2.75, 3.05) is 4.90 Å². The maximum atomic E-state index is 6.77. The van der Waals surface area contributed by atoms with Gasteiger partial charge >= 0.3 is 0 Å². The number of anilines is 3. The van der Waals surface area contributed by atoms with E-state index in [4.69, 9.17) is 8.83 Å². The quantitative estimate of drug-likeness (QED) is 0.218. The molecule has 2 aromatic heterocycles. The fourth-order valence-electron chi connectivity index (χ4n) is 7.05. The zero-order valence-corrected chi connectivity index (χ0v) is 23.4. The van der Waals surface area contributed by atoms with Crippen LogP contribution in [-0.2, 0) is 5.41 Å². The fraction of sp³-hybridized carbons (Fsp3) is 0.0769. The van der Waals surface area contributed by atoms with Crippen molar-refractivity contribution in [3.8, 4) is 11.1 Å². The van der Waals surface area contributed by atoms with Gasteiger partial charge in [0, 0.05) is 32.8 Å². The van der Waals surface area contributed by atoms with E-state index in [-0.39, 0.29) is 5.41 Å². The smallest absolute Gasteiger partial charge is 0.147 e. The Morgan fingerprint density at radius 3 is 2.00 bits per heavy atom. The molecule has 9 rings (SSSR count). The van der Waals surface area contributed by atoms with Crippen LogP contribution in [0.25, 0.3) is 55.0 Å². The van der Waals surface area contributed by atoms with Crippen molar-refractivity contribution in [1.29, 1.82) is 0 Å². The Morgan fingerprint density at radius 2 is 1.19 bits per heavy atom. The molecule has 0 saturated carbocycles. The van der Waals surface area contributed by atoms with Gasteiger partial charge in [0.2, 0.25) is 0 Å². The van der Waals surface area contributed by atoms with Gasteiger partial charge in [-0.15, -0.1) is 0 Å². The summed E-state index contributed by atoms with van der Waals surface area (Å²) in [4.78, 5) is 2.40. The molecule has 8 aromatic rings. The van der Waals surface area contributed by atoms with Gasteiger partial charge in [-0.2, -0.15) is 0 Å². The normalized spacial score (nSPS) is 14.1. The first-order chi connectivity index (χ1) is 20.6. The summed E-state index contributed by atoms with van der Waals surface area (Å²) in [7, 11) is 0. The van der Waals surface area contributed by atoms with Gasteiger partial charge < -0.3 is 13.7 Å². The molecule has 6 aromatic carbocycles. The number of benzene rings is 6. The minimum absolute atomic E-state index is 0.0935. The van der Waals surface area contributed by atoms with E-state index in [2.05, 4.69) is 128 Å².